The van der Waals surface area contributed by atoms with Crippen molar-refractivity contribution in [1.82, 2.24) is 5.43 Å². The van der Waals surface area contributed by atoms with Gasteiger partial charge < -0.3 is 14.3 Å². The number of rotatable bonds is 5. The topological polar surface area (TPSA) is 84.1 Å². The normalized spacial score (nSPS) is 11.0. The van der Waals surface area contributed by atoms with Gasteiger partial charge in [0, 0.05) is 6.07 Å². The lowest BCUT2D eigenvalue weighted by atomic mass is 10.2. The maximum absolute atomic E-state index is 11.9. The number of ether oxygens (including phenoxy) is 1. The molecule has 122 valence electrons. The smallest absolute Gasteiger partial charge is 0.274 e. The van der Waals surface area contributed by atoms with Crippen molar-refractivity contribution in [3.05, 3.63) is 45.3 Å². The van der Waals surface area contributed by atoms with Gasteiger partial charge in [-0.15, -0.1) is 0 Å². The summed E-state index contributed by atoms with van der Waals surface area (Å²) < 4.78 is 10.3. The second kappa shape index (κ2) is 7.39. The molecule has 1 heterocycles. The van der Waals surface area contributed by atoms with Crippen molar-refractivity contribution in [3.8, 4) is 11.5 Å². The molecule has 1 aromatic carbocycles. The molecular formula is C15H14Cl2N2O4. The molecule has 0 aliphatic carbocycles. The first kappa shape index (κ1) is 17.2. The summed E-state index contributed by atoms with van der Waals surface area (Å²) in [6, 6.07) is 2.94. The number of amides is 1. The molecule has 0 unspecified atom stereocenters. The highest BCUT2D eigenvalue weighted by Crippen LogP contribution is 2.39. The first-order valence-electron chi connectivity index (χ1n) is 6.67. The van der Waals surface area contributed by atoms with Gasteiger partial charge in [0.1, 0.15) is 5.76 Å². The Balaban J connectivity index is 2.22. The second-order valence-electron chi connectivity index (χ2n) is 4.46. The molecule has 6 nitrogen and oxygen atoms in total. The highest BCUT2D eigenvalue weighted by Gasteiger charge is 2.16. The Morgan fingerprint density at radius 1 is 1.52 bits per heavy atom. The summed E-state index contributed by atoms with van der Waals surface area (Å²) in [4.78, 5) is 11.9. The Labute approximate surface area is 142 Å². The van der Waals surface area contributed by atoms with Gasteiger partial charge in [0.25, 0.3) is 5.91 Å². The minimum atomic E-state index is -0.449. The van der Waals surface area contributed by atoms with Gasteiger partial charge in [-0.2, -0.15) is 5.10 Å². The van der Waals surface area contributed by atoms with Gasteiger partial charge in [-0.1, -0.05) is 23.2 Å². The molecule has 0 aliphatic heterocycles. The van der Waals surface area contributed by atoms with E-state index in [0.717, 1.165) is 0 Å². The van der Waals surface area contributed by atoms with Gasteiger partial charge in [-0.3, -0.25) is 4.79 Å². The largest absolute Gasteiger partial charge is 0.504 e. The maximum atomic E-state index is 11.9. The second-order valence-corrected chi connectivity index (χ2v) is 5.24. The lowest BCUT2D eigenvalue weighted by Crippen LogP contribution is -2.17. The number of aromatic hydroxyl groups is 1. The van der Waals surface area contributed by atoms with Gasteiger partial charge in [-0.05, 0) is 19.9 Å². The molecule has 0 aliphatic rings. The zero-order valence-corrected chi connectivity index (χ0v) is 13.9. The fourth-order valence-electron chi connectivity index (χ4n) is 1.83. The van der Waals surface area contributed by atoms with Crippen LogP contribution in [0.25, 0.3) is 0 Å². The Morgan fingerprint density at radius 2 is 2.26 bits per heavy atom. The summed E-state index contributed by atoms with van der Waals surface area (Å²) in [6.07, 6.45) is 2.60. The lowest BCUT2D eigenvalue weighted by Gasteiger charge is -2.10. The Kier molecular flexibility index (Phi) is 5.52. The van der Waals surface area contributed by atoms with E-state index in [0.29, 0.717) is 17.9 Å². The van der Waals surface area contributed by atoms with Crippen LogP contribution in [0.5, 0.6) is 11.5 Å². The molecule has 0 spiro atoms. The molecular weight excluding hydrogens is 343 g/mol. The number of halogens is 2. The monoisotopic (exact) mass is 356 g/mol. The van der Waals surface area contributed by atoms with Gasteiger partial charge >= 0.3 is 0 Å². The fraction of sp³-hybridized carbons (Fsp3) is 0.200. The van der Waals surface area contributed by atoms with Crippen molar-refractivity contribution in [2.24, 2.45) is 5.10 Å². The number of hydrazone groups is 1. The van der Waals surface area contributed by atoms with Gasteiger partial charge in [0.05, 0.1) is 40.3 Å². The molecule has 0 atom stereocenters. The molecule has 0 saturated carbocycles. The molecule has 2 N–H and O–H groups in total. The van der Waals surface area contributed by atoms with Crippen molar-refractivity contribution < 1.29 is 19.1 Å². The van der Waals surface area contributed by atoms with Crippen LogP contribution >= 0.6 is 23.2 Å². The number of aryl methyl sites for hydroxylation is 1. The Hall–Kier alpha value is -2.18. The minimum absolute atomic E-state index is 0.102. The quantitative estimate of drug-likeness (QED) is 0.630. The van der Waals surface area contributed by atoms with Crippen molar-refractivity contribution in [2.75, 3.05) is 6.61 Å². The molecule has 2 rings (SSSR count). The number of phenols is 1. The van der Waals surface area contributed by atoms with E-state index in [1.807, 2.05) is 0 Å². The van der Waals surface area contributed by atoms with Gasteiger partial charge in [-0.25, -0.2) is 5.43 Å². The minimum Gasteiger partial charge on any atom is -0.504 e. The molecule has 1 amide bonds. The van der Waals surface area contributed by atoms with Crippen LogP contribution in [0.1, 0.15) is 28.6 Å². The number of hydrogen-bond acceptors (Lipinski definition) is 5. The Bertz CT molecular complexity index is 756. The lowest BCUT2D eigenvalue weighted by molar-refractivity contribution is 0.0953. The van der Waals surface area contributed by atoms with Crippen LogP contribution in [0.3, 0.4) is 0 Å². The van der Waals surface area contributed by atoms with E-state index in [2.05, 4.69) is 10.5 Å². The van der Waals surface area contributed by atoms with Crippen molar-refractivity contribution in [1.29, 1.82) is 0 Å². The Morgan fingerprint density at radius 3 is 2.87 bits per heavy atom. The highest BCUT2D eigenvalue weighted by molar-refractivity contribution is 6.43. The molecule has 8 heteroatoms. The predicted molar refractivity (Wildman–Crippen MR) is 87.8 cm³/mol. The summed E-state index contributed by atoms with van der Waals surface area (Å²) in [6.45, 7) is 3.77. The van der Waals surface area contributed by atoms with E-state index < -0.39 is 5.91 Å². The van der Waals surface area contributed by atoms with Crippen molar-refractivity contribution in [3.63, 3.8) is 0 Å². The van der Waals surface area contributed by atoms with E-state index in [9.17, 15) is 9.90 Å². The average Bonchev–Trinajstić information content (AvgIpc) is 2.94. The van der Waals surface area contributed by atoms with E-state index in [1.165, 1.54) is 24.6 Å². The number of carbonyl (C=O) groups excluding carboxylic acids is 1. The third-order valence-electron chi connectivity index (χ3n) is 2.96. The third kappa shape index (κ3) is 3.78. The summed E-state index contributed by atoms with van der Waals surface area (Å²) in [7, 11) is 0. The molecule has 1 aromatic heterocycles. The average molecular weight is 357 g/mol. The summed E-state index contributed by atoms with van der Waals surface area (Å²) in [5.41, 5.74) is 2.82. The zero-order valence-electron chi connectivity index (χ0n) is 12.4. The van der Waals surface area contributed by atoms with Gasteiger partial charge in [0.15, 0.2) is 11.5 Å². The number of benzene rings is 1. The molecule has 0 saturated heterocycles. The summed E-state index contributed by atoms with van der Waals surface area (Å²) in [5.74, 6) is -0.00534. The predicted octanol–water partition coefficient (Wildman–Crippen LogP) is 3.76. The number of nitrogens with one attached hydrogen (secondary N) is 1. The summed E-state index contributed by atoms with van der Waals surface area (Å²) >= 11 is 12.0. The molecule has 23 heavy (non-hydrogen) atoms. The standard InChI is InChI=1S/C15H14Cl2N2O4/c1-3-22-12-6-11(16)13(17)10(14(12)20)7-18-19-15(21)9-4-5-23-8(9)2/h4-7,20H,3H2,1-2H3,(H,19,21)/b18-7+. The number of furan rings is 1. The van der Waals surface area contributed by atoms with Crippen LogP contribution in [-0.4, -0.2) is 23.8 Å². The molecule has 0 fully saturated rings. The van der Waals surface area contributed by atoms with E-state index in [4.69, 9.17) is 32.4 Å². The first-order chi connectivity index (χ1) is 11.0. The number of nitrogens with zero attached hydrogens (tertiary/aromatic N) is 1. The van der Waals surface area contributed by atoms with Crippen molar-refractivity contribution >= 4 is 35.3 Å². The first-order valence-corrected chi connectivity index (χ1v) is 7.42. The summed E-state index contributed by atoms with van der Waals surface area (Å²) in [5, 5.41) is 14.2. The SMILES string of the molecule is CCOc1cc(Cl)c(Cl)c(/C=N/NC(=O)c2ccoc2C)c1O. The zero-order chi connectivity index (χ0) is 17.0. The van der Waals surface area contributed by atoms with Crippen LogP contribution in [-0.2, 0) is 0 Å². The fourth-order valence-corrected chi connectivity index (χ4v) is 2.23. The molecule has 0 bridgehead atoms. The van der Waals surface area contributed by atoms with Crippen molar-refractivity contribution in [2.45, 2.75) is 13.8 Å². The maximum Gasteiger partial charge on any atom is 0.274 e. The van der Waals surface area contributed by atoms with Crippen LogP contribution in [0.2, 0.25) is 10.0 Å². The highest BCUT2D eigenvalue weighted by atomic mass is 35.5. The van der Waals surface area contributed by atoms with Crippen LogP contribution in [0, 0.1) is 6.92 Å². The third-order valence-corrected chi connectivity index (χ3v) is 3.76. The molecule has 2 aromatic rings. The van der Waals surface area contributed by atoms with Crippen LogP contribution in [0.15, 0.2) is 27.9 Å². The van der Waals surface area contributed by atoms with E-state index in [-0.39, 0.29) is 27.1 Å². The van der Waals surface area contributed by atoms with E-state index >= 15 is 0 Å². The van der Waals surface area contributed by atoms with E-state index in [1.54, 1.807) is 13.8 Å². The number of phenolic OH excluding ortho intramolecular Hbond substituents is 1. The molecule has 0 radical (unpaired) electrons. The number of hydrogen-bond donors (Lipinski definition) is 2. The van der Waals surface area contributed by atoms with Crippen LogP contribution in [0.4, 0.5) is 0 Å². The van der Waals surface area contributed by atoms with Gasteiger partial charge in [0.2, 0.25) is 0 Å². The van der Waals surface area contributed by atoms with Crippen LogP contribution < -0.4 is 10.2 Å². The number of carbonyl (C=O) groups is 1.